The van der Waals surface area contributed by atoms with Gasteiger partial charge in [0.25, 0.3) is 5.91 Å². The van der Waals surface area contributed by atoms with Crippen LogP contribution in [0.15, 0.2) is 18.3 Å². The zero-order valence-corrected chi connectivity index (χ0v) is 9.67. The van der Waals surface area contributed by atoms with Gasteiger partial charge in [-0.2, -0.15) is 0 Å². The van der Waals surface area contributed by atoms with E-state index in [0.717, 1.165) is 19.3 Å². The molecule has 5 heteroatoms. The minimum absolute atomic E-state index is 0.0254. The number of aromatic nitrogens is 1. The number of hydrogen-bond donors (Lipinski definition) is 2. The van der Waals surface area contributed by atoms with Crippen molar-refractivity contribution in [3.63, 3.8) is 0 Å². The highest BCUT2D eigenvalue weighted by molar-refractivity contribution is 5.98. The Bertz CT molecular complexity index is 404. The topological polar surface area (TPSA) is 79.5 Å². The number of nitrogens with zero attached hydrogens (tertiary/aromatic N) is 2. The Morgan fingerprint density at radius 2 is 2.35 bits per heavy atom. The molecule has 3 N–H and O–H groups in total. The zero-order chi connectivity index (χ0) is 12.3. The van der Waals surface area contributed by atoms with Crippen molar-refractivity contribution < 1.29 is 9.90 Å². The summed E-state index contributed by atoms with van der Waals surface area (Å²) in [6.45, 7) is 0.334. The molecule has 1 heterocycles. The van der Waals surface area contributed by atoms with Crippen molar-refractivity contribution in [1.29, 1.82) is 0 Å². The summed E-state index contributed by atoms with van der Waals surface area (Å²) in [5.41, 5.74) is 6.12. The van der Waals surface area contributed by atoms with Gasteiger partial charge in [0.15, 0.2) is 0 Å². The second-order valence-corrected chi connectivity index (χ2v) is 4.24. The smallest absolute Gasteiger partial charge is 0.257 e. The first-order chi connectivity index (χ1) is 8.24. The van der Waals surface area contributed by atoms with Crippen LogP contribution in [0.1, 0.15) is 29.6 Å². The van der Waals surface area contributed by atoms with Crippen LogP contribution < -0.4 is 5.73 Å². The molecule has 2 rings (SSSR count). The standard InChI is InChI=1S/C12H17N3O2/c13-11-10(5-2-6-14-11)12(17)15(7-8-16)9-3-1-4-9/h2,5-6,9,16H,1,3-4,7-8H2,(H2,13,14). The third kappa shape index (κ3) is 2.39. The Balaban J connectivity index is 2.18. The van der Waals surface area contributed by atoms with E-state index in [9.17, 15) is 4.79 Å². The number of nitrogen functional groups attached to an aromatic ring is 1. The van der Waals surface area contributed by atoms with E-state index in [2.05, 4.69) is 4.98 Å². The third-order valence-electron chi connectivity index (χ3n) is 3.19. The van der Waals surface area contributed by atoms with E-state index in [4.69, 9.17) is 10.8 Å². The summed E-state index contributed by atoms with van der Waals surface area (Å²) in [6.07, 6.45) is 4.71. The average Bonchev–Trinajstić information content (AvgIpc) is 2.26. The van der Waals surface area contributed by atoms with E-state index >= 15 is 0 Å². The highest BCUT2D eigenvalue weighted by atomic mass is 16.3. The molecule has 1 aromatic heterocycles. The van der Waals surface area contributed by atoms with Crippen LogP contribution in [-0.4, -0.2) is 40.1 Å². The van der Waals surface area contributed by atoms with Crippen molar-refractivity contribution in [2.45, 2.75) is 25.3 Å². The summed E-state index contributed by atoms with van der Waals surface area (Å²) < 4.78 is 0. The first-order valence-corrected chi connectivity index (χ1v) is 5.86. The fourth-order valence-corrected chi connectivity index (χ4v) is 2.01. The minimum atomic E-state index is -0.130. The van der Waals surface area contributed by atoms with E-state index in [-0.39, 0.29) is 24.4 Å². The first kappa shape index (κ1) is 11.9. The maximum atomic E-state index is 12.3. The van der Waals surface area contributed by atoms with Crippen molar-refractivity contribution in [3.05, 3.63) is 23.9 Å². The summed E-state index contributed by atoms with van der Waals surface area (Å²) in [5.74, 6) is 0.120. The van der Waals surface area contributed by atoms with Crippen molar-refractivity contribution >= 4 is 11.7 Å². The number of nitrogens with two attached hydrogens (primary N) is 1. The lowest BCUT2D eigenvalue weighted by Crippen LogP contribution is -2.45. The van der Waals surface area contributed by atoms with Crippen LogP contribution in [0.4, 0.5) is 5.82 Å². The molecule has 0 aliphatic heterocycles. The molecule has 1 aliphatic rings. The monoisotopic (exact) mass is 235 g/mol. The van der Waals surface area contributed by atoms with Crippen LogP contribution in [0.3, 0.4) is 0 Å². The number of anilines is 1. The van der Waals surface area contributed by atoms with Gasteiger partial charge in [-0.1, -0.05) is 0 Å². The van der Waals surface area contributed by atoms with Crippen molar-refractivity contribution in [1.82, 2.24) is 9.88 Å². The number of hydrogen-bond acceptors (Lipinski definition) is 4. The van der Waals surface area contributed by atoms with Crippen LogP contribution in [0.25, 0.3) is 0 Å². The Morgan fingerprint density at radius 1 is 1.59 bits per heavy atom. The minimum Gasteiger partial charge on any atom is -0.395 e. The SMILES string of the molecule is Nc1ncccc1C(=O)N(CCO)C1CCC1. The number of carbonyl (C=O) groups excluding carboxylic acids is 1. The number of aliphatic hydroxyl groups is 1. The number of rotatable bonds is 4. The van der Waals surface area contributed by atoms with Crippen molar-refractivity contribution in [3.8, 4) is 0 Å². The predicted molar refractivity (Wildman–Crippen MR) is 64.4 cm³/mol. The first-order valence-electron chi connectivity index (χ1n) is 5.86. The summed E-state index contributed by atoms with van der Waals surface area (Å²) in [6, 6.07) is 3.61. The van der Waals surface area contributed by atoms with E-state index in [1.807, 2.05) is 0 Å². The van der Waals surface area contributed by atoms with Gasteiger partial charge in [-0.25, -0.2) is 4.98 Å². The van der Waals surface area contributed by atoms with Crippen LogP contribution in [0.2, 0.25) is 0 Å². The molecule has 92 valence electrons. The normalized spacial score (nSPS) is 15.4. The molecule has 1 aliphatic carbocycles. The van der Waals surface area contributed by atoms with Crippen LogP contribution in [-0.2, 0) is 0 Å². The molecular weight excluding hydrogens is 218 g/mol. The van der Waals surface area contributed by atoms with Gasteiger partial charge in [0.2, 0.25) is 0 Å². The molecule has 0 spiro atoms. The van der Waals surface area contributed by atoms with Gasteiger partial charge in [-0.15, -0.1) is 0 Å². The van der Waals surface area contributed by atoms with Crippen LogP contribution >= 0.6 is 0 Å². The lowest BCUT2D eigenvalue weighted by atomic mass is 9.91. The Hall–Kier alpha value is -1.62. The van der Waals surface area contributed by atoms with Gasteiger partial charge >= 0.3 is 0 Å². The van der Waals surface area contributed by atoms with E-state index in [1.165, 1.54) is 0 Å². The number of aliphatic hydroxyl groups excluding tert-OH is 1. The molecule has 1 saturated carbocycles. The van der Waals surface area contributed by atoms with Gasteiger partial charge in [0, 0.05) is 18.8 Å². The largest absolute Gasteiger partial charge is 0.395 e. The van der Waals surface area contributed by atoms with Crippen molar-refractivity contribution in [2.24, 2.45) is 0 Å². The van der Waals surface area contributed by atoms with Crippen LogP contribution in [0, 0.1) is 0 Å². The highest BCUT2D eigenvalue weighted by Crippen LogP contribution is 2.26. The Morgan fingerprint density at radius 3 is 2.88 bits per heavy atom. The molecule has 1 amide bonds. The van der Waals surface area contributed by atoms with Gasteiger partial charge in [-0.3, -0.25) is 4.79 Å². The van der Waals surface area contributed by atoms with Gasteiger partial charge in [0.05, 0.1) is 12.2 Å². The fourth-order valence-electron chi connectivity index (χ4n) is 2.01. The highest BCUT2D eigenvalue weighted by Gasteiger charge is 2.29. The van der Waals surface area contributed by atoms with E-state index in [1.54, 1.807) is 23.2 Å². The molecule has 1 aromatic rings. The number of carbonyl (C=O) groups is 1. The molecule has 0 saturated heterocycles. The summed E-state index contributed by atoms with van der Waals surface area (Å²) in [5, 5.41) is 9.03. The van der Waals surface area contributed by atoms with E-state index < -0.39 is 0 Å². The summed E-state index contributed by atoms with van der Waals surface area (Å²) >= 11 is 0. The average molecular weight is 235 g/mol. The molecule has 1 fully saturated rings. The summed E-state index contributed by atoms with van der Waals surface area (Å²) in [4.78, 5) is 17.9. The van der Waals surface area contributed by atoms with Crippen molar-refractivity contribution in [2.75, 3.05) is 18.9 Å². The molecule has 0 bridgehead atoms. The van der Waals surface area contributed by atoms with Crippen LogP contribution in [0.5, 0.6) is 0 Å². The second kappa shape index (κ2) is 5.14. The molecule has 0 aromatic carbocycles. The van der Waals surface area contributed by atoms with Gasteiger partial charge in [0.1, 0.15) is 5.82 Å². The number of amides is 1. The maximum Gasteiger partial charge on any atom is 0.257 e. The molecule has 17 heavy (non-hydrogen) atoms. The fraction of sp³-hybridized carbons (Fsp3) is 0.500. The molecule has 0 unspecified atom stereocenters. The maximum absolute atomic E-state index is 12.3. The molecule has 5 nitrogen and oxygen atoms in total. The molecule has 0 atom stereocenters. The lowest BCUT2D eigenvalue weighted by Gasteiger charge is -2.37. The predicted octanol–water partition coefficient (Wildman–Crippen LogP) is 0.651. The Kier molecular flexibility index (Phi) is 3.58. The zero-order valence-electron chi connectivity index (χ0n) is 9.67. The van der Waals surface area contributed by atoms with Gasteiger partial charge < -0.3 is 15.7 Å². The molecule has 0 radical (unpaired) electrons. The number of pyridine rings is 1. The summed E-state index contributed by atoms with van der Waals surface area (Å²) in [7, 11) is 0. The quantitative estimate of drug-likeness (QED) is 0.803. The van der Waals surface area contributed by atoms with Gasteiger partial charge in [-0.05, 0) is 31.4 Å². The third-order valence-corrected chi connectivity index (χ3v) is 3.19. The Labute approximate surface area is 100 Å². The second-order valence-electron chi connectivity index (χ2n) is 4.24. The van der Waals surface area contributed by atoms with E-state index in [0.29, 0.717) is 12.1 Å². The molecular formula is C12H17N3O2. The lowest BCUT2D eigenvalue weighted by molar-refractivity contribution is 0.0526.